The van der Waals surface area contributed by atoms with Crippen LogP contribution < -0.4 is 10.9 Å². The van der Waals surface area contributed by atoms with E-state index in [1.54, 1.807) is 6.92 Å². The summed E-state index contributed by atoms with van der Waals surface area (Å²) in [5.41, 5.74) is -0.339. The number of aromatic amines is 1. The largest absolute Gasteiger partial charge is 0.310 e. The summed E-state index contributed by atoms with van der Waals surface area (Å²) in [7, 11) is 0. The van der Waals surface area contributed by atoms with Crippen LogP contribution in [0.25, 0.3) is 16.5 Å². The van der Waals surface area contributed by atoms with E-state index in [1.165, 1.54) is 21.9 Å². The van der Waals surface area contributed by atoms with Gasteiger partial charge in [-0.2, -0.15) is 9.50 Å². The predicted octanol–water partition coefficient (Wildman–Crippen LogP) is 1.49. The van der Waals surface area contributed by atoms with Gasteiger partial charge >= 0.3 is 0 Å². The number of aromatic nitrogens is 4. The first-order valence-corrected chi connectivity index (χ1v) is 6.89. The van der Waals surface area contributed by atoms with Gasteiger partial charge in [-0.15, -0.1) is 16.4 Å². The van der Waals surface area contributed by atoms with E-state index in [0.717, 1.165) is 4.88 Å². The van der Waals surface area contributed by atoms with Gasteiger partial charge in [0.1, 0.15) is 5.82 Å². The molecule has 20 heavy (non-hydrogen) atoms. The Kier molecular flexibility index (Phi) is 3.07. The molecule has 0 aliphatic rings. The van der Waals surface area contributed by atoms with Gasteiger partial charge in [-0.3, -0.25) is 14.6 Å². The van der Waals surface area contributed by atoms with Crippen molar-refractivity contribution in [3.8, 4) is 10.7 Å². The van der Waals surface area contributed by atoms with E-state index >= 15 is 0 Å². The van der Waals surface area contributed by atoms with Gasteiger partial charge in [0.2, 0.25) is 11.7 Å². The third-order valence-corrected chi connectivity index (χ3v) is 3.53. The lowest BCUT2D eigenvalue weighted by Crippen LogP contribution is -2.17. The SMILES string of the molecule is CCC(=O)Nc1cc(=O)[nH]c2nc(-c3cccs3)nn12. The molecule has 0 aromatic carbocycles. The molecule has 3 rings (SSSR count). The highest BCUT2D eigenvalue weighted by molar-refractivity contribution is 7.13. The lowest BCUT2D eigenvalue weighted by atomic mass is 10.4. The average molecular weight is 289 g/mol. The number of fused-ring (bicyclic) bond motifs is 1. The molecule has 1 amide bonds. The molecule has 3 aromatic rings. The second kappa shape index (κ2) is 4.89. The van der Waals surface area contributed by atoms with E-state index in [4.69, 9.17) is 0 Å². The standard InChI is InChI=1S/C12H11N5O2S/c1-2-9(18)13-8-6-10(19)14-12-15-11(16-17(8)12)7-4-3-5-20-7/h3-6H,2H2,1H3,(H,13,18)(H,14,15,16,19). The van der Waals surface area contributed by atoms with Crippen LogP contribution in [0, 0.1) is 0 Å². The number of amides is 1. The number of carbonyl (C=O) groups is 1. The van der Waals surface area contributed by atoms with Crippen molar-refractivity contribution in [2.75, 3.05) is 5.32 Å². The molecule has 0 atom stereocenters. The zero-order valence-corrected chi connectivity index (χ0v) is 11.4. The lowest BCUT2D eigenvalue weighted by molar-refractivity contribution is -0.115. The molecule has 7 nitrogen and oxygen atoms in total. The second-order valence-electron chi connectivity index (χ2n) is 4.07. The molecule has 102 valence electrons. The van der Waals surface area contributed by atoms with Crippen LogP contribution >= 0.6 is 11.3 Å². The number of thiophene rings is 1. The lowest BCUT2D eigenvalue weighted by Gasteiger charge is -2.03. The van der Waals surface area contributed by atoms with Crippen molar-refractivity contribution < 1.29 is 4.79 Å². The minimum Gasteiger partial charge on any atom is -0.310 e. The number of nitrogens with one attached hydrogen (secondary N) is 2. The molecule has 3 heterocycles. The van der Waals surface area contributed by atoms with E-state index in [9.17, 15) is 9.59 Å². The number of nitrogens with zero attached hydrogens (tertiary/aromatic N) is 3. The molecule has 0 aliphatic heterocycles. The molecule has 0 bridgehead atoms. The van der Waals surface area contributed by atoms with Crippen LogP contribution in [0.2, 0.25) is 0 Å². The Labute approximate surface area is 117 Å². The fourth-order valence-corrected chi connectivity index (χ4v) is 2.38. The minimum atomic E-state index is -0.339. The van der Waals surface area contributed by atoms with Crippen molar-refractivity contribution in [3.05, 3.63) is 33.9 Å². The number of anilines is 1. The number of rotatable bonds is 3. The zero-order chi connectivity index (χ0) is 14.1. The van der Waals surface area contributed by atoms with Crippen molar-refractivity contribution >= 4 is 28.8 Å². The maximum atomic E-state index is 11.6. The topological polar surface area (TPSA) is 92.1 Å². The first-order chi connectivity index (χ1) is 9.67. The first-order valence-electron chi connectivity index (χ1n) is 6.01. The Hall–Kier alpha value is -2.48. The molecule has 0 unspecified atom stereocenters. The molecule has 0 radical (unpaired) electrons. The fourth-order valence-electron chi connectivity index (χ4n) is 1.72. The number of H-pyrrole nitrogens is 1. The quantitative estimate of drug-likeness (QED) is 0.764. The van der Waals surface area contributed by atoms with Crippen molar-refractivity contribution in [3.63, 3.8) is 0 Å². The summed E-state index contributed by atoms with van der Waals surface area (Å²) >= 11 is 1.50. The Morgan fingerprint density at radius 3 is 3.10 bits per heavy atom. The molecule has 0 spiro atoms. The van der Waals surface area contributed by atoms with Gasteiger partial charge in [0.05, 0.1) is 4.88 Å². The highest BCUT2D eigenvalue weighted by Gasteiger charge is 2.12. The van der Waals surface area contributed by atoms with Crippen molar-refractivity contribution in [2.45, 2.75) is 13.3 Å². The highest BCUT2D eigenvalue weighted by atomic mass is 32.1. The minimum absolute atomic E-state index is 0.190. The summed E-state index contributed by atoms with van der Waals surface area (Å²) in [5.74, 6) is 0.928. The van der Waals surface area contributed by atoms with Crippen LogP contribution in [0.3, 0.4) is 0 Å². The normalized spacial score (nSPS) is 10.8. The molecule has 8 heteroatoms. The third-order valence-electron chi connectivity index (χ3n) is 2.67. The van der Waals surface area contributed by atoms with Gasteiger partial charge in [0.25, 0.3) is 5.56 Å². The molecule has 0 aliphatic carbocycles. The van der Waals surface area contributed by atoms with E-state index < -0.39 is 0 Å². The monoisotopic (exact) mass is 289 g/mol. The smallest absolute Gasteiger partial charge is 0.254 e. The Morgan fingerprint density at radius 2 is 2.40 bits per heavy atom. The molecule has 0 fully saturated rings. The third kappa shape index (κ3) is 2.21. The summed E-state index contributed by atoms with van der Waals surface area (Å²) in [4.78, 5) is 30.8. The van der Waals surface area contributed by atoms with Crippen molar-refractivity contribution in [1.82, 2.24) is 19.6 Å². The summed E-state index contributed by atoms with van der Waals surface area (Å²) in [5, 5.41) is 8.87. The number of carbonyl (C=O) groups excluding carboxylic acids is 1. The molecule has 2 N–H and O–H groups in total. The second-order valence-corrected chi connectivity index (χ2v) is 5.02. The summed E-state index contributed by atoms with van der Waals surface area (Å²) in [6.45, 7) is 1.73. The van der Waals surface area contributed by atoms with Gasteiger partial charge in [-0.1, -0.05) is 13.0 Å². The average Bonchev–Trinajstić information content (AvgIpc) is 3.06. The van der Waals surface area contributed by atoms with Crippen LogP contribution in [-0.4, -0.2) is 25.5 Å². The number of hydrogen-bond donors (Lipinski definition) is 2. The first kappa shape index (κ1) is 12.5. The zero-order valence-electron chi connectivity index (χ0n) is 10.6. The van der Waals surface area contributed by atoms with Gasteiger partial charge < -0.3 is 5.32 Å². The van der Waals surface area contributed by atoms with E-state index in [2.05, 4.69) is 20.4 Å². The summed E-state index contributed by atoms with van der Waals surface area (Å²) in [6, 6.07) is 5.07. The van der Waals surface area contributed by atoms with Gasteiger partial charge in [-0.05, 0) is 11.4 Å². The predicted molar refractivity (Wildman–Crippen MR) is 75.8 cm³/mol. The molecular weight excluding hydrogens is 278 g/mol. The van der Waals surface area contributed by atoms with Crippen LogP contribution in [0.5, 0.6) is 0 Å². The van der Waals surface area contributed by atoms with Gasteiger partial charge in [0.15, 0.2) is 5.82 Å². The van der Waals surface area contributed by atoms with Crippen LogP contribution in [0.4, 0.5) is 5.82 Å². The maximum absolute atomic E-state index is 11.6. The van der Waals surface area contributed by atoms with Crippen LogP contribution in [-0.2, 0) is 4.79 Å². The Morgan fingerprint density at radius 1 is 1.55 bits per heavy atom. The molecule has 3 aromatic heterocycles. The Balaban J connectivity index is 2.15. The van der Waals surface area contributed by atoms with Gasteiger partial charge in [-0.25, -0.2) is 0 Å². The van der Waals surface area contributed by atoms with Gasteiger partial charge in [0, 0.05) is 12.5 Å². The Bertz CT molecular complexity index is 818. The number of hydrogen-bond acceptors (Lipinski definition) is 5. The van der Waals surface area contributed by atoms with Crippen molar-refractivity contribution in [2.24, 2.45) is 0 Å². The molecule has 0 saturated carbocycles. The molecular formula is C12H11N5O2S. The van der Waals surface area contributed by atoms with Crippen LogP contribution in [0.15, 0.2) is 28.4 Å². The highest BCUT2D eigenvalue weighted by Crippen LogP contribution is 2.21. The van der Waals surface area contributed by atoms with Crippen LogP contribution in [0.1, 0.15) is 13.3 Å². The molecule has 0 saturated heterocycles. The maximum Gasteiger partial charge on any atom is 0.254 e. The van der Waals surface area contributed by atoms with Crippen molar-refractivity contribution in [1.29, 1.82) is 0 Å². The van der Waals surface area contributed by atoms with E-state index in [0.29, 0.717) is 23.8 Å². The van der Waals surface area contributed by atoms with E-state index in [-0.39, 0.29) is 11.5 Å². The summed E-state index contributed by atoms with van der Waals surface area (Å²) < 4.78 is 1.42. The summed E-state index contributed by atoms with van der Waals surface area (Å²) in [6.07, 6.45) is 0.320. The van der Waals surface area contributed by atoms with E-state index in [1.807, 2.05) is 17.5 Å². The fraction of sp³-hybridized carbons (Fsp3) is 0.167.